The quantitative estimate of drug-likeness (QED) is 0.553. The van der Waals surface area contributed by atoms with Crippen LogP contribution in [0.5, 0.6) is 0 Å². The van der Waals surface area contributed by atoms with Gasteiger partial charge < -0.3 is 5.32 Å². The number of carbonyl (C=O) groups is 1. The summed E-state index contributed by atoms with van der Waals surface area (Å²) in [5.74, 6) is 0.558. The smallest absolute Gasteiger partial charge is 0.229 e. The van der Waals surface area contributed by atoms with Gasteiger partial charge >= 0.3 is 0 Å². The maximum Gasteiger partial charge on any atom is 0.229 e. The number of thiophene rings is 1. The number of aryl methyl sites for hydroxylation is 1. The van der Waals surface area contributed by atoms with E-state index in [1.165, 1.54) is 11.3 Å². The fraction of sp³-hybridized carbons (Fsp3) is 0.105. The summed E-state index contributed by atoms with van der Waals surface area (Å²) < 4.78 is 1.69. The molecule has 0 aliphatic carbocycles. The molecule has 0 bridgehead atoms. The predicted molar refractivity (Wildman–Crippen MR) is 106 cm³/mol. The van der Waals surface area contributed by atoms with E-state index in [0.29, 0.717) is 12.2 Å². The Kier molecular flexibility index (Phi) is 4.64. The molecule has 0 radical (unpaired) electrons. The van der Waals surface area contributed by atoms with Crippen molar-refractivity contribution < 1.29 is 4.79 Å². The second-order valence-electron chi connectivity index (χ2n) is 5.79. The number of aromatic nitrogens is 3. The summed E-state index contributed by atoms with van der Waals surface area (Å²) in [6.07, 6.45) is 0.323. The third kappa shape index (κ3) is 3.58. The van der Waals surface area contributed by atoms with Gasteiger partial charge in [-0.3, -0.25) is 4.79 Å². The molecule has 0 fully saturated rings. The Morgan fingerprint density at radius 1 is 1.15 bits per heavy atom. The zero-order chi connectivity index (χ0) is 17.9. The van der Waals surface area contributed by atoms with Crippen LogP contribution in [0, 0.1) is 6.92 Å². The topological polar surface area (TPSA) is 59.8 Å². The first-order valence-corrected chi connectivity index (χ1v) is 9.85. The highest BCUT2D eigenvalue weighted by molar-refractivity contribution is 7.15. The molecule has 0 atom stereocenters. The lowest BCUT2D eigenvalue weighted by molar-refractivity contribution is -0.115. The van der Waals surface area contributed by atoms with Crippen molar-refractivity contribution in [3.63, 3.8) is 0 Å². The van der Waals surface area contributed by atoms with Gasteiger partial charge in [0, 0.05) is 11.4 Å². The fourth-order valence-corrected chi connectivity index (χ4v) is 4.15. The summed E-state index contributed by atoms with van der Waals surface area (Å²) in [5, 5.41) is 12.2. The Morgan fingerprint density at radius 2 is 2.00 bits per heavy atom. The van der Waals surface area contributed by atoms with E-state index in [-0.39, 0.29) is 5.91 Å². The van der Waals surface area contributed by atoms with Gasteiger partial charge in [0.1, 0.15) is 5.82 Å². The van der Waals surface area contributed by atoms with Gasteiger partial charge in [0.15, 0.2) is 0 Å². The molecular formula is C19H16N4OS2. The number of amides is 1. The van der Waals surface area contributed by atoms with Crippen LogP contribution < -0.4 is 5.32 Å². The monoisotopic (exact) mass is 380 g/mol. The molecule has 1 N–H and O–H groups in total. The molecular weight excluding hydrogens is 364 g/mol. The molecule has 0 saturated carbocycles. The molecule has 1 amide bonds. The Bertz CT molecular complexity index is 1020. The van der Waals surface area contributed by atoms with E-state index in [0.717, 1.165) is 27.0 Å². The third-order valence-electron chi connectivity index (χ3n) is 3.75. The number of thiazole rings is 1. The number of hydrogen-bond acceptors (Lipinski definition) is 5. The van der Waals surface area contributed by atoms with Gasteiger partial charge in [0.25, 0.3) is 0 Å². The molecule has 4 rings (SSSR count). The van der Waals surface area contributed by atoms with Crippen LogP contribution in [0.1, 0.15) is 11.3 Å². The molecule has 0 aliphatic heterocycles. The summed E-state index contributed by atoms with van der Waals surface area (Å²) in [6.45, 7) is 1.90. The van der Waals surface area contributed by atoms with Gasteiger partial charge in [-0.1, -0.05) is 36.4 Å². The zero-order valence-electron chi connectivity index (χ0n) is 14.0. The lowest BCUT2D eigenvalue weighted by Gasteiger charge is -2.06. The summed E-state index contributed by atoms with van der Waals surface area (Å²) >= 11 is 3.15. The van der Waals surface area contributed by atoms with Crippen LogP contribution in [-0.2, 0) is 11.2 Å². The molecule has 130 valence electrons. The number of nitrogens with one attached hydrogen (secondary N) is 1. The van der Waals surface area contributed by atoms with Gasteiger partial charge in [-0.2, -0.15) is 9.78 Å². The maximum atomic E-state index is 12.4. The van der Waals surface area contributed by atoms with E-state index < -0.39 is 0 Å². The molecule has 0 spiro atoms. The van der Waals surface area contributed by atoms with Gasteiger partial charge in [-0.05, 0) is 23.9 Å². The highest BCUT2D eigenvalue weighted by Crippen LogP contribution is 2.29. The number of anilines is 1. The minimum absolute atomic E-state index is 0.0765. The first-order chi connectivity index (χ1) is 12.7. The van der Waals surface area contributed by atoms with Gasteiger partial charge in [0.2, 0.25) is 11.0 Å². The van der Waals surface area contributed by atoms with E-state index in [9.17, 15) is 4.79 Å². The normalized spacial score (nSPS) is 10.8. The Hall–Kier alpha value is -2.77. The molecule has 3 heterocycles. The molecule has 4 aromatic rings. The average molecular weight is 380 g/mol. The molecule has 7 heteroatoms. The van der Waals surface area contributed by atoms with Crippen molar-refractivity contribution in [2.75, 3.05) is 5.32 Å². The van der Waals surface area contributed by atoms with E-state index >= 15 is 0 Å². The lowest BCUT2D eigenvalue weighted by Crippen LogP contribution is -2.17. The maximum absolute atomic E-state index is 12.4. The standard InChI is InChI=1S/C19H16N4OS2/c1-13-10-17(21-18(24)11-14-6-3-2-4-7-14)23(22-13)19-20-15(12-26-19)16-8-5-9-25-16/h2-10,12H,11H2,1H3,(H,21,24). The molecule has 3 aromatic heterocycles. The van der Waals surface area contributed by atoms with Gasteiger partial charge in [0.05, 0.1) is 22.7 Å². The Labute approximate surface area is 159 Å². The number of rotatable bonds is 5. The molecule has 0 unspecified atom stereocenters. The van der Waals surface area contributed by atoms with E-state index in [1.54, 1.807) is 16.0 Å². The Balaban J connectivity index is 1.56. The number of hydrogen-bond donors (Lipinski definition) is 1. The second-order valence-corrected chi connectivity index (χ2v) is 7.57. The van der Waals surface area contributed by atoms with Crippen molar-refractivity contribution >= 4 is 34.4 Å². The number of benzene rings is 1. The van der Waals surface area contributed by atoms with Crippen molar-refractivity contribution in [1.82, 2.24) is 14.8 Å². The number of carbonyl (C=O) groups excluding carboxylic acids is 1. The van der Waals surface area contributed by atoms with Crippen LogP contribution >= 0.6 is 22.7 Å². The fourth-order valence-electron chi connectivity index (χ4n) is 2.60. The second kappa shape index (κ2) is 7.23. The SMILES string of the molecule is Cc1cc(NC(=O)Cc2ccccc2)n(-c2nc(-c3cccs3)cs2)n1. The van der Waals surface area contributed by atoms with Crippen molar-refractivity contribution in [2.45, 2.75) is 13.3 Å². The summed E-state index contributed by atoms with van der Waals surface area (Å²) in [5.41, 5.74) is 2.73. The molecule has 0 aliphatic rings. The zero-order valence-corrected chi connectivity index (χ0v) is 15.7. The van der Waals surface area contributed by atoms with E-state index in [1.807, 2.05) is 66.2 Å². The largest absolute Gasteiger partial charge is 0.310 e. The molecule has 5 nitrogen and oxygen atoms in total. The highest BCUT2D eigenvalue weighted by Gasteiger charge is 2.15. The van der Waals surface area contributed by atoms with Crippen LogP contribution in [-0.4, -0.2) is 20.7 Å². The third-order valence-corrected chi connectivity index (χ3v) is 5.46. The van der Waals surface area contributed by atoms with Crippen LogP contribution in [0.4, 0.5) is 5.82 Å². The first-order valence-electron chi connectivity index (χ1n) is 8.09. The minimum atomic E-state index is -0.0765. The van der Waals surface area contributed by atoms with Crippen molar-refractivity contribution in [3.05, 3.63) is 70.5 Å². The average Bonchev–Trinajstić information content (AvgIpc) is 3.35. The summed E-state index contributed by atoms with van der Waals surface area (Å²) in [6, 6.07) is 15.6. The first kappa shape index (κ1) is 16.7. The number of nitrogens with zero attached hydrogens (tertiary/aromatic N) is 3. The molecule has 1 aromatic carbocycles. The van der Waals surface area contributed by atoms with Crippen LogP contribution in [0.2, 0.25) is 0 Å². The molecule has 0 saturated heterocycles. The Morgan fingerprint density at radius 3 is 2.77 bits per heavy atom. The van der Waals surface area contributed by atoms with E-state index in [4.69, 9.17) is 0 Å². The van der Waals surface area contributed by atoms with Crippen molar-refractivity contribution in [3.8, 4) is 15.7 Å². The van der Waals surface area contributed by atoms with E-state index in [2.05, 4.69) is 15.4 Å². The van der Waals surface area contributed by atoms with Crippen LogP contribution in [0.25, 0.3) is 15.7 Å². The van der Waals surface area contributed by atoms with Gasteiger partial charge in [-0.25, -0.2) is 4.98 Å². The van der Waals surface area contributed by atoms with Gasteiger partial charge in [-0.15, -0.1) is 22.7 Å². The lowest BCUT2D eigenvalue weighted by atomic mass is 10.1. The van der Waals surface area contributed by atoms with Crippen molar-refractivity contribution in [2.24, 2.45) is 0 Å². The van der Waals surface area contributed by atoms with Crippen molar-refractivity contribution in [1.29, 1.82) is 0 Å². The minimum Gasteiger partial charge on any atom is -0.310 e. The van der Waals surface area contributed by atoms with Crippen LogP contribution in [0.15, 0.2) is 59.3 Å². The molecule has 26 heavy (non-hydrogen) atoms. The summed E-state index contributed by atoms with van der Waals surface area (Å²) in [7, 11) is 0. The predicted octanol–water partition coefficient (Wildman–Crippen LogP) is 4.55. The summed E-state index contributed by atoms with van der Waals surface area (Å²) in [4.78, 5) is 18.2. The van der Waals surface area contributed by atoms with Crippen LogP contribution in [0.3, 0.4) is 0 Å². The highest BCUT2D eigenvalue weighted by atomic mass is 32.1.